The molecule has 6 N–H and O–H groups in total. The first kappa shape index (κ1) is 18.1. The molecule has 0 spiro atoms. The van der Waals surface area contributed by atoms with Crippen LogP contribution in [0.2, 0.25) is 0 Å². The van der Waals surface area contributed by atoms with E-state index in [2.05, 4.69) is 12.6 Å². The van der Waals surface area contributed by atoms with Crippen LogP contribution >= 0.6 is 27.8 Å². The lowest BCUT2D eigenvalue weighted by atomic mass is 10.2. The molecule has 0 aromatic heterocycles. The lowest BCUT2D eigenvalue weighted by Crippen LogP contribution is -2.45. The van der Waals surface area contributed by atoms with E-state index in [9.17, 15) is 13.9 Å². The molecule has 12 heteroatoms. The molecule has 0 aliphatic carbocycles. The third-order valence-corrected chi connectivity index (χ3v) is 3.63. The van der Waals surface area contributed by atoms with Gasteiger partial charge in [-0.25, -0.2) is 0 Å². The van der Waals surface area contributed by atoms with Gasteiger partial charge in [-0.05, 0) is 12.2 Å². The number of nitrogens with zero attached hydrogens (tertiary/aromatic N) is 1. The predicted molar refractivity (Wildman–Crippen MR) is 67.1 cm³/mol. The zero-order valence-corrected chi connectivity index (χ0v) is 12.0. The highest BCUT2D eigenvalue weighted by atomic mass is 32.1. The Labute approximate surface area is 109 Å². The number of amides is 1. The molecule has 1 unspecified atom stereocenters. The Morgan fingerprint density at radius 1 is 1.17 bits per heavy atom. The van der Waals surface area contributed by atoms with Gasteiger partial charge < -0.3 is 25.3 Å². The van der Waals surface area contributed by atoms with E-state index in [4.69, 9.17) is 25.3 Å². The van der Waals surface area contributed by atoms with E-state index in [1.165, 1.54) is 0 Å². The van der Waals surface area contributed by atoms with Gasteiger partial charge in [0.15, 0.2) is 0 Å². The molecule has 0 aromatic rings. The molecule has 9 nitrogen and oxygen atoms in total. The van der Waals surface area contributed by atoms with Gasteiger partial charge in [-0.1, -0.05) is 0 Å². The fourth-order valence-corrected chi connectivity index (χ4v) is 3.29. The lowest BCUT2D eigenvalue weighted by Gasteiger charge is -2.29. The van der Waals surface area contributed by atoms with Crippen LogP contribution in [0.25, 0.3) is 0 Å². The second-order valence-corrected chi connectivity index (χ2v) is 7.30. The molecule has 0 aliphatic heterocycles. The van der Waals surface area contributed by atoms with Crippen molar-refractivity contribution in [1.29, 1.82) is 0 Å². The molecule has 1 atom stereocenters. The fourth-order valence-electron chi connectivity index (χ4n) is 1.34. The summed E-state index contributed by atoms with van der Waals surface area (Å²) in [5, 5.41) is 0. The van der Waals surface area contributed by atoms with Crippen LogP contribution in [0.15, 0.2) is 0 Å². The first-order valence-corrected chi connectivity index (χ1v) is 8.92. The summed E-state index contributed by atoms with van der Waals surface area (Å²) < 4.78 is 21.8. The minimum Gasteiger partial charge on any atom is -0.368 e. The van der Waals surface area contributed by atoms with Crippen LogP contribution in [0.3, 0.4) is 0 Å². The maximum absolute atomic E-state index is 11.1. The SMILES string of the molecule is NC(=O)C(CCS)N(CP(=O)(O)O)CP(=O)(O)O. The van der Waals surface area contributed by atoms with E-state index in [0.29, 0.717) is 4.90 Å². The number of thiol groups is 1. The van der Waals surface area contributed by atoms with Gasteiger partial charge in [0.05, 0.1) is 6.04 Å². The molecule has 0 saturated heterocycles. The highest BCUT2D eigenvalue weighted by Crippen LogP contribution is 2.41. The summed E-state index contributed by atoms with van der Waals surface area (Å²) in [5.74, 6) is -0.752. The highest BCUT2D eigenvalue weighted by Gasteiger charge is 2.33. The molecule has 0 heterocycles. The summed E-state index contributed by atoms with van der Waals surface area (Å²) in [6, 6.07) is -1.19. The Morgan fingerprint density at radius 2 is 1.56 bits per heavy atom. The zero-order chi connectivity index (χ0) is 14.6. The van der Waals surface area contributed by atoms with Crippen LogP contribution < -0.4 is 5.73 Å². The van der Waals surface area contributed by atoms with Gasteiger partial charge in [0.25, 0.3) is 0 Å². The fraction of sp³-hybridized carbons (Fsp3) is 0.833. The summed E-state index contributed by atoms with van der Waals surface area (Å²) in [4.78, 5) is 47.2. The van der Waals surface area contributed by atoms with Gasteiger partial charge in [-0.3, -0.25) is 18.8 Å². The quantitative estimate of drug-likeness (QED) is 0.238. The first-order chi connectivity index (χ1) is 7.96. The number of rotatable bonds is 8. The molecule has 108 valence electrons. The standard InChI is InChI=1S/C6H16N2O7P2S/c7-6(9)5(1-2-18)8(3-16(10,11)12)4-17(13,14)15/h5,18H,1-4H2,(H2,7,9)(H2,10,11,12)(H2,13,14,15). The van der Waals surface area contributed by atoms with Gasteiger partial charge in [0.2, 0.25) is 5.91 Å². The van der Waals surface area contributed by atoms with Crippen molar-refractivity contribution in [2.24, 2.45) is 5.73 Å². The Balaban J connectivity index is 5.09. The largest absolute Gasteiger partial charge is 0.368 e. The van der Waals surface area contributed by atoms with Crippen molar-refractivity contribution in [2.75, 3.05) is 18.3 Å². The molecule has 0 bridgehead atoms. The number of hydrogen-bond donors (Lipinski definition) is 6. The maximum atomic E-state index is 11.1. The molecule has 0 rings (SSSR count). The Kier molecular flexibility index (Phi) is 7.05. The topological polar surface area (TPSA) is 161 Å². The first-order valence-electron chi connectivity index (χ1n) is 4.69. The van der Waals surface area contributed by atoms with Gasteiger partial charge in [-0.2, -0.15) is 12.6 Å². The summed E-state index contributed by atoms with van der Waals surface area (Å²) in [6.45, 7) is 0. The second-order valence-electron chi connectivity index (χ2n) is 3.63. The van der Waals surface area contributed by atoms with Crippen LogP contribution in [0, 0.1) is 0 Å². The summed E-state index contributed by atoms with van der Waals surface area (Å²) >= 11 is 3.85. The van der Waals surface area contributed by atoms with E-state index in [1.807, 2.05) is 0 Å². The van der Waals surface area contributed by atoms with Crippen molar-refractivity contribution < 1.29 is 33.5 Å². The zero-order valence-electron chi connectivity index (χ0n) is 9.29. The lowest BCUT2D eigenvalue weighted by molar-refractivity contribution is -0.122. The van der Waals surface area contributed by atoms with Gasteiger partial charge in [0.1, 0.15) is 12.6 Å². The van der Waals surface area contributed by atoms with E-state index < -0.39 is 39.7 Å². The van der Waals surface area contributed by atoms with Gasteiger partial charge >= 0.3 is 15.2 Å². The smallest absolute Gasteiger partial charge is 0.339 e. The third-order valence-electron chi connectivity index (χ3n) is 1.90. The molecule has 0 aliphatic rings. The van der Waals surface area contributed by atoms with Crippen molar-refractivity contribution in [3.05, 3.63) is 0 Å². The summed E-state index contributed by atoms with van der Waals surface area (Å²) in [7, 11) is -9.15. The predicted octanol–water partition coefficient (Wildman–Crippen LogP) is -1.27. The van der Waals surface area contributed by atoms with Crippen LogP contribution in [0.5, 0.6) is 0 Å². The van der Waals surface area contributed by atoms with Crippen LogP contribution in [0.4, 0.5) is 0 Å². The summed E-state index contributed by atoms with van der Waals surface area (Å²) in [5.41, 5.74) is 5.04. The molecule has 1 amide bonds. The number of primary amides is 1. The van der Waals surface area contributed by atoms with Crippen molar-refractivity contribution in [3.8, 4) is 0 Å². The number of carbonyl (C=O) groups excluding carboxylic acids is 1. The average molecular weight is 322 g/mol. The van der Waals surface area contributed by atoms with E-state index in [-0.39, 0.29) is 12.2 Å². The third kappa shape index (κ3) is 8.23. The molecular weight excluding hydrogens is 306 g/mol. The number of nitrogens with two attached hydrogens (primary N) is 1. The van der Waals surface area contributed by atoms with Crippen LogP contribution in [0.1, 0.15) is 6.42 Å². The summed E-state index contributed by atoms with van der Waals surface area (Å²) in [6.07, 6.45) is -1.89. The molecular formula is C6H16N2O7P2S. The minimum atomic E-state index is -4.58. The van der Waals surface area contributed by atoms with E-state index in [0.717, 1.165) is 0 Å². The molecule has 0 radical (unpaired) electrons. The number of carbonyl (C=O) groups is 1. The van der Waals surface area contributed by atoms with E-state index >= 15 is 0 Å². The van der Waals surface area contributed by atoms with Crippen molar-refractivity contribution in [1.82, 2.24) is 4.90 Å². The van der Waals surface area contributed by atoms with Crippen LogP contribution in [-0.4, -0.2) is 54.7 Å². The minimum absolute atomic E-state index is 0.0262. The Bertz CT molecular complexity index is 356. The van der Waals surface area contributed by atoms with E-state index in [1.54, 1.807) is 0 Å². The average Bonchev–Trinajstić information content (AvgIpc) is 2.07. The van der Waals surface area contributed by atoms with Gasteiger partial charge in [-0.15, -0.1) is 0 Å². The second kappa shape index (κ2) is 7.02. The number of hydrogen-bond acceptors (Lipinski definition) is 5. The molecule has 0 fully saturated rings. The normalized spacial score (nSPS) is 14.8. The Morgan fingerprint density at radius 3 is 1.78 bits per heavy atom. The van der Waals surface area contributed by atoms with Crippen molar-refractivity contribution in [3.63, 3.8) is 0 Å². The van der Waals surface area contributed by atoms with Gasteiger partial charge in [0, 0.05) is 0 Å². The van der Waals surface area contributed by atoms with Crippen molar-refractivity contribution >= 4 is 33.7 Å². The highest BCUT2D eigenvalue weighted by molar-refractivity contribution is 7.80. The van der Waals surface area contributed by atoms with Crippen molar-refractivity contribution in [2.45, 2.75) is 12.5 Å². The maximum Gasteiger partial charge on any atom is 0.339 e. The molecule has 18 heavy (non-hydrogen) atoms. The molecule has 0 aromatic carbocycles. The van der Waals surface area contributed by atoms with Crippen LogP contribution in [-0.2, 0) is 13.9 Å². The monoisotopic (exact) mass is 322 g/mol. The Hall–Kier alpha value is 0.0800. The molecule has 0 saturated carbocycles.